The first-order valence-corrected chi connectivity index (χ1v) is 7.47. The molecule has 0 aliphatic carbocycles. The van der Waals surface area contributed by atoms with Gasteiger partial charge in [0.2, 0.25) is 0 Å². The van der Waals surface area contributed by atoms with Crippen LogP contribution in [0.4, 0.5) is 0 Å². The van der Waals surface area contributed by atoms with Crippen LogP contribution in [0.1, 0.15) is 29.8 Å². The second kappa shape index (κ2) is 6.39. The lowest BCUT2D eigenvalue weighted by molar-refractivity contribution is -0.157. The third-order valence-electron chi connectivity index (χ3n) is 3.32. The van der Waals surface area contributed by atoms with E-state index in [1.54, 1.807) is 25.1 Å². The van der Waals surface area contributed by atoms with Gasteiger partial charge in [-0.25, -0.2) is 0 Å². The number of hydrogen-bond acceptors (Lipinski definition) is 5. The third kappa shape index (κ3) is 2.94. The second-order valence-corrected chi connectivity index (χ2v) is 5.74. The summed E-state index contributed by atoms with van der Waals surface area (Å²) >= 11 is 3.26. The van der Waals surface area contributed by atoms with Gasteiger partial charge in [-0.3, -0.25) is 24.1 Å². The van der Waals surface area contributed by atoms with E-state index in [0.717, 1.165) is 11.8 Å². The number of rotatable bonds is 4. The van der Waals surface area contributed by atoms with E-state index >= 15 is 0 Å². The predicted octanol–water partition coefficient (Wildman–Crippen LogP) is 1.70. The Morgan fingerprint density at radius 2 is 2.05 bits per heavy atom. The number of halogens is 1. The Balaban J connectivity index is 2.28. The van der Waals surface area contributed by atoms with Crippen molar-refractivity contribution in [3.63, 3.8) is 0 Å². The molecule has 1 heterocycles. The summed E-state index contributed by atoms with van der Waals surface area (Å²) in [6.45, 7) is 2.80. The Morgan fingerprint density at radius 1 is 1.36 bits per heavy atom. The highest BCUT2D eigenvalue weighted by Gasteiger charge is 2.41. The van der Waals surface area contributed by atoms with Crippen LogP contribution in [0.2, 0.25) is 0 Å². The van der Waals surface area contributed by atoms with Crippen LogP contribution in [-0.4, -0.2) is 35.1 Å². The molecule has 0 radical (unpaired) electrons. The number of fused-ring (bicyclic) bond motifs is 1. The first-order chi connectivity index (χ1) is 10.4. The first kappa shape index (κ1) is 16.4. The lowest BCUT2D eigenvalue weighted by Gasteiger charge is -2.18. The Bertz CT molecular complexity index is 670. The molecule has 0 bridgehead atoms. The maximum absolute atomic E-state index is 12.4. The van der Waals surface area contributed by atoms with Gasteiger partial charge >= 0.3 is 5.97 Å². The molecule has 1 aliphatic rings. The van der Waals surface area contributed by atoms with E-state index in [2.05, 4.69) is 15.9 Å². The number of esters is 1. The van der Waals surface area contributed by atoms with Crippen LogP contribution >= 0.6 is 15.9 Å². The van der Waals surface area contributed by atoms with Crippen molar-refractivity contribution in [1.82, 2.24) is 4.90 Å². The van der Waals surface area contributed by atoms with Gasteiger partial charge in [0.05, 0.1) is 13.2 Å². The largest absolute Gasteiger partial charge is 0.465 e. The number of Topliss-reactive ketones (excluding diaryl/α,β-unsaturated/α-hetero) is 1. The molecule has 22 heavy (non-hydrogen) atoms. The predicted molar refractivity (Wildman–Crippen MR) is 79.8 cm³/mol. The Hall–Kier alpha value is -2.02. The van der Waals surface area contributed by atoms with Crippen molar-refractivity contribution in [2.45, 2.75) is 20.4 Å². The van der Waals surface area contributed by atoms with Gasteiger partial charge in [-0.15, -0.1) is 0 Å². The molecule has 0 saturated carbocycles. The number of ether oxygens (including phenoxy) is 1. The molecule has 2 amide bonds. The summed E-state index contributed by atoms with van der Waals surface area (Å²) in [4.78, 5) is 49.1. The van der Waals surface area contributed by atoms with Crippen molar-refractivity contribution >= 4 is 39.5 Å². The Morgan fingerprint density at radius 3 is 2.64 bits per heavy atom. The molecule has 0 aromatic heterocycles. The van der Waals surface area contributed by atoms with E-state index in [1.807, 2.05) is 0 Å². The van der Waals surface area contributed by atoms with Crippen LogP contribution in [0.5, 0.6) is 0 Å². The van der Waals surface area contributed by atoms with E-state index < -0.39 is 29.5 Å². The van der Waals surface area contributed by atoms with Gasteiger partial charge in [-0.05, 0) is 31.5 Å². The molecule has 7 heteroatoms. The smallest absolute Gasteiger partial charge is 0.326 e. The van der Waals surface area contributed by atoms with Crippen molar-refractivity contribution in [2.75, 3.05) is 6.61 Å². The number of carbonyl (C=O) groups is 4. The third-order valence-corrected chi connectivity index (χ3v) is 3.81. The molecule has 1 unspecified atom stereocenters. The minimum Gasteiger partial charge on any atom is -0.465 e. The molecule has 1 atom stereocenters. The summed E-state index contributed by atoms with van der Waals surface area (Å²) in [6.07, 6.45) is 0. The van der Waals surface area contributed by atoms with Gasteiger partial charge < -0.3 is 4.74 Å². The average Bonchev–Trinajstić information content (AvgIpc) is 2.76. The highest BCUT2D eigenvalue weighted by atomic mass is 79.9. The van der Waals surface area contributed by atoms with Gasteiger partial charge in [-0.2, -0.15) is 0 Å². The Kier molecular flexibility index (Phi) is 4.75. The Labute approximate surface area is 135 Å². The van der Waals surface area contributed by atoms with Crippen LogP contribution in [0.15, 0.2) is 22.7 Å². The topological polar surface area (TPSA) is 80.8 Å². The molecule has 2 rings (SSSR count). The summed E-state index contributed by atoms with van der Waals surface area (Å²) < 4.78 is 5.46. The highest BCUT2D eigenvalue weighted by Crippen LogP contribution is 2.27. The van der Waals surface area contributed by atoms with Gasteiger partial charge in [-0.1, -0.05) is 22.0 Å². The number of imide groups is 1. The number of nitrogens with zero attached hydrogens (tertiary/aromatic N) is 1. The number of carbonyl (C=O) groups excluding carboxylic acids is 4. The number of amides is 2. The molecule has 1 aromatic carbocycles. The van der Waals surface area contributed by atoms with Crippen molar-refractivity contribution in [3.8, 4) is 0 Å². The summed E-state index contributed by atoms with van der Waals surface area (Å²) in [6, 6.07) is 5.09. The maximum atomic E-state index is 12.4. The van der Waals surface area contributed by atoms with Crippen LogP contribution < -0.4 is 0 Å². The zero-order valence-electron chi connectivity index (χ0n) is 12.1. The molecule has 0 spiro atoms. The molecule has 0 saturated heterocycles. The molecule has 0 fully saturated rings. The monoisotopic (exact) mass is 367 g/mol. The van der Waals surface area contributed by atoms with E-state index in [4.69, 9.17) is 4.74 Å². The van der Waals surface area contributed by atoms with Crippen LogP contribution in [0, 0.1) is 5.92 Å². The molecular formula is C15H14BrNO5. The van der Waals surface area contributed by atoms with Crippen molar-refractivity contribution < 1.29 is 23.9 Å². The fourth-order valence-electron chi connectivity index (χ4n) is 2.27. The first-order valence-electron chi connectivity index (χ1n) is 6.68. The SMILES string of the molecule is CCOC(=O)C(C(C)=O)C(=O)N1Cc2ccc(Br)cc2C1=O. The fraction of sp³-hybridized carbons (Fsp3) is 0.333. The van der Waals surface area contributed by atoms with Gasteiger partial charge in [0.15, 0.2) is 11.7 Å². The minimum absolute atomic E-state index is 0.0451. The van der Waals surface area contributed by atoms with Crippen LogP contribution in [0.3, 0.4) is 0 Å². The lowest BCUT2D eigenvalue weighted by Crippen LogP contribution is -2.43. The normalized spacial score (nSPS) is 14.5. The molecular weight excluding hydrogens is 354 g/mol. The number of benzene rings is 1. The van der Waals surface area contributed by atoms with E-state index in [9.17, 15) is 19.2 Å². The molecule has 6 nitrogen and oxygen atoms in total. The molecule has 1 aromatic rings. The van der Waals surface area contributed by atoms with E-state index in [-0.39, 0.29) is 13.2 Å². The van der Waals surface area contributed by atoms with Gasteiger partial charge in [0, 0.05) is 10.0 Å². The molecule has 116 valence electrons. The molecule has 0 N–H and O–H groups in total. The fourth-order valence-corrected chi connectivity index (χ4v) is 2.63. The standard InChI is InChI=1S/C15H14BrNO5/c1-3-22-15(21)12(8(2)18)14(20)17-7-9-4-5-10(16)6-11(9)13(17)19/h4-6,12H,3,7H2,1-2H3. The zero-order chi connectivity index (χ0) is 16.4. The minimum atomic E-state index is -1.60. The van der Waals surface area contributed by atoms with E-state index in [0.29, 0.717) is 15.6 Å². The quantitative estimate of drug-likeness (QED) is 0.597. The lowest BCUT2D eigenvalue weighted by atomic mass is 10.0. The summed E-state index contributed by atoms with van der Waals surface area (Å²) in [5.41, 5.74) is 1.06. The number of hydrogen-bond donors (Lipinski definition) is 0. The summed E-state index contributed by atoms with van der Waals surface area (Å²) in [5.74, 6) is -4.53. The second-order valence-electron chi connectivity index (χ2n) is 4.83. The number of ketones is 1. The van der Waals surface area contributed by atoms with Crippen molar-refractivity contribution in [3.05, 3.63) is 33.8 Å². The van der Waals surface area contributed by atoms with Gasteiger partial charge in [0.1, 0.15) is 0 Å². The van der Waals surface area contributed by atoms with E-state index in [1.165, 1.54) is 0 Å². The maximum Gasteiger partial charge on any atom is 0.326 e. The highest BCUT2D eigenvalue weighted by molar-refractivity contribution is 9.10. The van der Waals surface area contributed by atoms with Crippen molar-refractivity contribution in [2.24, 2.45) is 5.92 Å². The average molecular weight is 368 g/mol. The van der Waals surface area contributed by atoms with Crippen LogP contribution in [-0.2, 0) is 25.7 Å². The summed E-state index contributed by atoms with van der Waals surface area (Å²) in [5, 5.41) is 0. The summed E-state index contributed by atoms with van der Waals surface area (Å²) in [7, 11) is 0. The van der Waals surface area contributed by atoms with Crippen LogP contribution in [0.25, 0.3) is 0 Å². The van der Waals surface area contributed by atoms with Crippen molar-refractivity contribution in [1.29, 1.82) is 0 Å². The van der Waals surface area contributed by atoms with Gasteiger partial charge in [0.25, 0.3) is 11.8 Å². The zero-order valence-corrected chi connectivity index (χ0v) is 13.7. The molecule has 1 aliphatic heterocycles.